The van der Waals surface area contributed by atoms with E-state index in [1.54, 1.807) is 20.9 Å². The molecule has 0 aromatic heterocycles. The van der Waals surface area contributed by atoms with Gasteiger partial charge in [-0.25, -0.2) is 4.39 Å². The van der Waals surface area contributed by atoms with E-state index in [1.807, 2.05) is 0 Å². The average molecular weight is 281 g/mol. The minimum absolute atomic E-state index is 0.153. The molecule has 1 unspecified atom stereocenters. The van der Waals surface area contributed by atoms with Crippen molar-refractivity contribution in [1.82, 2.24) is 10.2 Å². The Balaban J connectivity index is 2.87. The lowest BCUT2D eigenvalue weighted by Gasteiger charge is -2.21. The second-order valence-corrected chi connectivity index (χ2v) is 4.87. The Labute approximate surface area is 117 Å². The molecule has 6 heteroatoms. The van der Waals surface area contributed by atoms with Crippen molar-refractivity contribution >= 4 is 17.5 Å². The van der Waals surface area contributed by atoms with Gasteiger partial charge in [0.1, 0.15) is 5.82 Å². The summed E-state index contributed by atoms with van der Waals surface area (Å²) in [4.78, 5) is 25.0. The van der Waals surface area contributed by atoms with Gasteiger partial charge in [0.15, 0.2) is 0 Å². The molecule has 0 aliphatic heterocycles. The minimum Gasteiger partial charge on any atom is -0.398 e. The molecule has 110 valence electrons. The minimum atomic E-state index is -0.513. The molecule has 2 amide bonds. The lowest BCUT2D eigenvalue weighted by atomic mass is 10.1. The van der Waals surface area contributed by atoms with Gasteiger partial charge in [0.2, 0.25) is 5.91 Å². The second kappa shape index (κ2) is 6.36. The number of halogens is 1. The maximum Gasteiger partial charge on any atom is 0.253 e. The third kappa shape index (κ3) is 3.46. The molecule has 1 atom stereocenters. The van der Waals surface area contributed by atoms with Crippen LogP contribution in [0.1, 0.15) is 22.8 Å². The third-order valence-corrected chi connectivity index (χ3v) is 3.22. The van der Waals surface area contributed by atoms with Gasteiger partial charge in [-0.3, -0.25) is 9.59 Å². The molecule has 0 spiro atoms. The molecule has 0 aliphatic carbocycles. The van der Waals surface area contributed by atoms with Crippen molar-refractivity contribution in [2.24, 2.45) is 5.92 Å². The van der Waals surface area contributed by atoms with Gasteiger partial charge in [-0.05, 0) is 19.1 Å². The third-order valence-electron chi connectivity index (χ3n) is 3.22. The van der Waals surface area contributed by atoms with E-state index in [0.717, 1.165) is 6.07 Å². The van der Waals surface area contributed by atoms with Gasteiger partial charge >= 0.3 is 0 Å². The van der Waals surface area contributed by atoms with E-state index >= 15 is 0 Å². The first-order valence-corrected chi connectivity index (χ1v) is 6.30. The van der Waals surface area contributed by atoms with Crippen molar-refractivity contribution in [3.63, 3.8) is 0 Å². The van der Waals surface area contributed by atoms with Gasteiger partial charge in [0, 0.05) is 37.5 Å². The molecule has 1 aromatic rings. The van der Waals surface area contributed by atoms with Crippen LogP contribution < -0.4 is 11.1 Å². The number of nitrogens with zero attached hydrogens (tertiary/aromatic N) is 1. The Bertz CT molecular complexity index is 508. The predicted molar refractivity (Wildman–Crippen MR) is 75.7 cm³/mol. The number of benzene rings is 1. The zero-order valence-electron chi connectivity index (χ0n) is 12.2. The molecule has 1 rings (SSSR count). The molecule has 0 saturated heterocycles. The van der Waals surface area contributed by atoms with Crippen LogP contribution in [0, 0.1) is 18.7 Å². The molecule has 0 fully saturated rings. The highest BCUT2D eigenvalue weighted by molar-refractivity contribution is 5.95. The van der Waals surface area contributed by atoms with E-state index in [0.29, 0.717) is 5.56 Å². The maximum absolute atomic E-state index is 13.6. The lowest BCUT2D eigenvalue weighted by Crippen LogP contribution is -2.37. The fourth-order valence-corrected chi connectivity index (χ4v) is 1.87. The molecule has 0 radical (unpaired) electrons. The van der Waals surface area contributed by atoms with Gasteiger partial charge in [-0.1, -0.05) is 6.92 Å². The van der Waals surface area contributed by atoms with Crippen molar-refractivity contribution in [3.8, 4) is 0 Å². The second-order valence-electron chi connectivity index (χ2n) is 4.87. The zero-order chi connectivity index (χ0) is 15.4. The van der Waals surface area contributed by atoms with Crippen LogP contribution in [0.15, 0.2) is 12.1 Å². The molecule has 3 N–H and O–H groups in total. The van der Waals surface area contributed by atoms with Crippen LogP contribution in [0.25, 0.3) is 0 Å². The number of hydrogen-bond donors (Lipinski definition) is 2. The van der Waals surface area contributed by atoms with Gasteiger partial charge in [-0.15, -0.1) is 0 Å². The van der Waals surface area contributed by atoms with Crippen LogP contribution in [0.4, 0.5) is 10.1 Å². The molecule has 20 heavy (non-hydrogen) atoms. The topological polar surface area (TPSA) is 75.4 Å². The van der Waals surface area contributed by atoms with Gasteiger partial charge in [-0.2, -0.15) is 0 Å². The van der Waals surface area contributed by atoms with Crippen LogP contribution in [-0.2, 0) is 4.79 Å². The highest BCUT2D eigenvalue weighted by Crippen LogP contribution is 2.18. The predicted octanol–water partition coefficient (Wildman–Crippen LogP) is 1.17. The number of anilines is 1. The van der Waals surface area contributed by atoms with Crippen LogP contribution in [-0.4, -0.2) is 37.4 Å². The van der Waals surface area contributed by atoms with Crippen LogP contribution in [0.2, 0.25) is 0 Å². The number of nitrogens with two attached hydrogens (primary N) is 1. The monoisotopic (exact) mass is 281 g/mol. The number of carbonyl (C=O) groups excluding carboxylic acids is 2. The Kier molecular flexibility index (Phi) is 5.07. The van der Waals surface area contributed by atoms with E-state index in [1.165, 1.54) is 18.0 Å². The summed E-state index contributed by atoms with van der Waals surface area (Å²) in [5.41, 5.74) is 6.39. The molecule has 5 nitrogen and oxygen atoms in total. The Morgan fingerprint density at radius 1 is 1.45 bits per heavy atom. The fourth-order valence-electron chi connectivity index (χ4n) is 1.87. The summed E-state index contributed by atoms with van der Waals surface area (Å²) < 4.78 is 13.6. The van der Waals surface area contributed by atoms with E-state index in [2.05, 4.69) is 5.32 Å². The van der Waals surface area contributed by atoms with Crippen molar-refractivity contribution < 1.29 is 14.0 Å². The summed E-state index contributed by atoms with van der Waals surface area (Å²) in [6, 6.07) is 2.61. The van der Waals surface area contributed by atoms with Crippen LogP contribution in [0.5, 0.6) is 0 Å². The first kappa shape index (κ1) is 15.9. The maximum atomic E-state index is 13.6. The molecule has 0 aliphatic rings. The Morgan fingerprint density at radius 3 is 2.55 bits per heavy atom. The number of amides is 2. The first-order valence-electron chi connectivity index (χ1n) is 6.30. The molecule has 0 heterocycles. The van der Waals surface area contributed by atoms with Crippen LogP contribution >= 0.6 is 0 Å². The number of nitrogens with one attached hydrogen (secondary N) is 1. The molecular formula is C14H20FN3O2. The van der Waals surface area contributed by atoms with E-state index < -0.39 is 5.82 Å². The summed E-state index contributed by atoms with van der Waals surface area (Å²) in [6.07, 6.45) is 0. The van der Waals surface area contributed by atoms with Gasteiger partial charge < -0.3 is 16.0 Å². The van der Waals surface area contributed by atoms with E-state index in [-0.39, 0.29) is 35.5 Å². The number of nitrogen functional groups attached to an aromatic ring is 1. The largest absolute Gasteiger partial charge is 0.398 e. The van der Waals surface area contributed by atoms with Gasteiger partial charge in [0.05, 0.1) is 5.92 Å². The highest BCUT2D eigenvalue weighted by Gasteiger charge is 2.19. The number of carbonyl (C=O) groups is 2. The zero-order valence-corrected chi connectivity index (χ0v) is 12.2. The number of rotatable bonds is 4. The number of hydrogen-bond acceptors (Lipinski definition) is 3. The van der Waals surface area contributed by atoms with Crippen molar-refractivity contribution in [2.45, 2.75) is 13.8 Å². The summed E-state index contributed by atoms with van der Waals surface area (Å²) in [5.74, 6) is -1.38. The Hall–Kier alpha value is -2.11. The van der Waals surface area contributed by atoms with Crippen LogP contribution in [0.3, 0.4) is 0 Å². The highest BCUT2D eigenvalue weighted by atomic mass is 19.1. The normalized spacial score (nSPS) is 11.8. The molecular weight excluding hydrogens is 261 g/mol. The summed E-state index contributed by atoms with van der Waals surface area (Å²) in [6.45, 7) is 3.51. The van der Waals surface area contributed by atoms with Crippen molar-refractivity contribution in [2.75, 3.05) is 26.4 Å². The summed E-state index contributed by atoms with van der Waals surface area (Å²) in [7, 11) is 3.10. The fraction of sp³-hybridized carbons (Fsp3) is 0.429. The first-order chi connectivity index (χ1) is 9.27. The van der Waals surface area contributed by atoms with Crippen molar-refractivity contribution in [3.05, 3.63) is 29.1 Å². The molecule has 0 saturated carbocycles. The lowest BCUT2D eigenvalue weighted by molar-refractivity contribution is -0.124. The quantitative estimate of drug-likeness (QED) is 0.813. The molecule has 1 aromatic carbocycles. The smallest absolute Gasteiger partial charge is 0.253 e. The van der Waals surface area contributed by atoms with Crippen molar-refractivity contribution in [1.29, 1.82) is 0 Å². The Morgan fingerprint density at radius 2 is 2.05 bits per heavy atom. The summed E-state index contributed by atoms with van der Waals surface area (Å²) >= 11 is 0. The molecule has 0 bridgehead atoms. The standard InChI is InChI=1S/C14H20FN3O2/c1-8(13(19)17-3)7-18(4)14(20)10-5-11(15)9(2)12(16)6-10/h5-6,8H,7,16H2,1-4H3,(H,17,19). The SMILES string of the molecule is CNC(=O)C(C)CN(C)C(=O)c1cc(N)c(C)c(F)c1. The van der Waals surface area contributed by atoms with E-state index in [4.69, 9.17) is 5.73 Å². The van der Waals surface area contributed by atoms with Gasteiger partial charge in [0.25, 0.3) is 5.91 Å². The van der Waals surface area contributed by atoms with E-state index in [9.17, 15) is 14.0 Å². The average Bonchev–Trinajstić information content (AvgIpc) is 2.42. The summed E-state index contributed by atoms with van der Waals surface area (Å²) in [5, 5.41) is 2.52.